The van der Waals surface area contributed by atoms with Crippen molar-refractivity contribution < 1.29 is 24.0 Å². The number of nitrogens with zero attached hydrogens (tertiary/aromatic N) is 1. The number of anilines is 2. The highest BCUT2D eigenvalue weighted by Gasteiger charge is 2.13. The molecule has 0 saturated heterocycles. The van der Waals surface area contributed by atoms with Crippen LogP contribution in [0.15, 0.2) is 42.5 Å². The molecule has 0 unspecified atom stereocenters. The van der Waals surface area contributed by atoms with Crippen molar-refractivity contribution in [3.63, 3.8) is 0 Å². The number of nitro benzene ring substituents is 1. The molecule has 0 spiro atoms. The molecule has 0 saturated carbocycles. The predicted molar refractivity (Wildman–Crippen MR) is 107 cm³/mol. The summed E-state index contributed by atoms with van der Waals surface area (Å²) < 4.78 is 4.79. The molecule has 11 heteroatoms. The van der Waals surface area contributed by atoms with Crippen molar-refractivity contribution in [2.24, 2.45) is 0 Å². The maximum Gasteiger partial charge on any atom is 0.306 e. The number of rotatable bonds is 8. The molecule has 0 atom stereocenters. The van der Waals surface area contributed by atoms with Gasteiger partial charge in [-0.3, -0.25) is 24.5 Å². The van der Waals surface area contributed by atoms with Crippen molar-refractivity contribution in [3.8, 4) is 0 Å². The summed E-state index contributed by atoms with van der Waals surface area (Å²) in [5.41, 5.74) is 0.317. The van der Waals surface area contributed by atoms with Gasteiger partial charge in [-0.25, -0.2) is 0 Å². The van der Waals surface area contributed by atoms with Gasteiger partial charge in [-0.1, -0.05) is 29.3 Å². The van der Waals surface area contributed by atoms with Gasteiger partial charge in [0.1, 0.15) is 0 Å². The smallest absolute Gasteiger partial charge is 0.306 e. The monoisotopic (exact) mass is 439 g/mol. The Labute approximate surface area is 175 Å². The van der Waals surface area contributed by atoms with Crippen LogP contribution in [0.2, 0.25) is 10.0 Å². The lowest BCUT2D eigenvalue weighted by Gasteiger charge is -2.08. The summed E-state index contributed by atoms with van der Waals surface area (Å²) >= 11 is 11.8. The average molecular weight is 440 g/mol. The van der Waals surface area contributed by atoms with Crippen molar-refractivity contribution in [2.45, 2.75) is 12.8 Å². The minimum absolute atomic E-state index is 0.186. The maximum atomic E-state index is 11.9. The SMILES string of the molecule is O=C(COC(=O)CCC(=O)Nc1cc(Cl)ccc1Cl)Nc1cccc([N+](=O)[O-])c1. The highest BCUT2D eigenvalue weighted by Crippen LogP contribution is 2.25. The number of halogens is 2. The van der Waals surface area contributed by atoms with E-state index in [0.717, 1.165) is 0 Å². The molecule has 2 aromatic carbocycles. The quantitative estimate of drug-likeness (QED) is 0.365. The van der Waals surface area contributed by atoms with E-state index in [1.165, 1.54) is 36.4 Å². The molecule has 2 rings (SSSR count). The third-order valence-corrected chi connectivity index (χ3v) is 4.03. The van der Waals surface area contributed by atoms with Gasteiger partial charge in [-0.15, -0.1) is 0 Å². The first-order valence-corrected chi connectivity index (χ1v) is 8.95. The number of amides is 2. The lowest BCUT2D eigenvalue weighted by molar-refractivity contribution is -0.384. The molecule has 0 bridgehead atoms. The molecule has 2 amide bonds. The molecule has 0 aliphatic carbocycles. The van der Waals surface area contributed by atoms with E-state index in [9.17, 15) is 24.5 Å². The van der Waals surface area contributed by atoms with E-state index in [1.54, 1.807) is 6.07 Å². The fourth-order valence-electron chi connectivity index (χ4n) is 2.13. The van der Waals surface area contributed by atoms with Crippen LogP contribution in [0, 0.1) is 10.1 Å². The average Bonchev–Trinajstić information content (AvgIpc) is 2.67. The largest absolute Gasteiger partial charge is 0.456 e. The lowest BCUT2D eigenvalue weighted by Crippen LogP contribution is -2.21. The second kappa shape index (κ2) is 10.4. The van der Waals surface area contributed by atoms with Crippen LogP contribution in [-0.4, -0.2) is 29.3 Å². The zero-order valence-electron chi connectivity index (χ0n) is 14.8. The number of carbonyl (C=O) groups is 3. The molecule has 0 aliphatic heterocycles. The van der Waals surface area contributed by atoms with E-state index in [-0.39, 0.29) is 24.2 Å². The standard InChI is InChI=1S/C18H15Cl2N3O6/c19-11-4-5-14(20)15(8-11)22-16(24)6-7-18(26)29-10-17(25)21-12-2-1-3-13(9-12)23(27)28/h1-5,8-9H,6-7,10H2,(H,21,25)(H,22,24). The van der Waals surface area contributed by atoms with E-state index >= 15 is 0 Å². The topological polar surface area (TPSA) is 128 Å². The van der Waals surface area contributed by atoms with Crippen LogP contribution >= 0.6 is 23.2 Å². The number of benzene rings is 2. The number of ether oxygens (including phenoxy) is 1. The Bertz CT molecular complexity index is 951. The molecular weight excluding hydrogens is 425 g/mol. The van der Waals surface area contributed by atoms with Crippen LogP contribution in [0.5, 0.6) is 0 Å². The van der Waals surface area contributed by atoms with Gasteiger partial charge in [0.2, 0.25) is 5.91 Å². The Hall–Kier alpha value is -3.17. The van der Waals surface area contributed by atoms with Gasteiger partial charge in [-0.2, -0.15) is 0 Å². The fraction of sp³-hybridized carbons (Fsp3) is 0.167. The molecular formula is C18H15Cl2N3O6. The van der Waals surface area contributed by atoms with E-state index < -0.39 is 29.3 Å². The Morgan fingerprint density at radius 2 is 1.76 bits per heavy atom. The van der Waals surface area contributed by atoms with E-state index in [0.29, 0.717) is 15.7 Å². The lowest BCUT2D eigenvalue weighted by atomic mass is 10.2. The van der Waals surface area contributed by atoms with Crippen LogP contribution in [0.3, 0.4) is 0 Å². The van der Waals surface area contributed by atoms with Crippen molar-refractivity contribution in [3.05, 3.63) is 62.6 Å². The number of nitrogens with one attached hydrogen (secondary N) is 2. The number of non-ortho nitro benzene ring substituents is 1. The second-order valence-electron chi connectivity index (χ2n) is 5.69. The van der Waals surface area contributed by atoms with E-state index in [2.05, 4.69) is 10.6 Å². The number of carbonyl (C=O) groups excluding carboxylic acids is 3. The summed E-state index contributed by atoms with van der Waals surface area (Å²) in [5, 5.41) is 16.3. The van der Waals surface area contributed by atoms with Crippen molar-refractivity contribution >= 4 is 58.0 Å². The molecule has 2 aromatic rings. The predicted octanol–water partition coefficient (Wildman–Crippen LogP) is 3.80. The molecule has 0 radical (unpaired) electrons. The molecule has 9 nitrogen and oxygen atoms in total. The summed E-state index contributed by atoms with van der Waals surface area (Å²) in [7, 11) is 0. The summed E-state index contributed by atoms with van der Waals surface area (Å²) in [5.74, 6) is -1.91. The zero-order chi connectivity index (χ0) is 21.4. The minimum Gasteiger partial charge on any atom is -0.456 e. The Morgan fingerprint density at radius 1 is 1.00 bits per heavy atom. The third kappa shape index (κ3) is 7.40. The fourth-order valence-corrected chi connectivity index (χ4v) is 2.47. The summed E-state index contributed by atoms with van der Waals surface area (Å²) in [6.45, 7) is -0.594. The minimum atomic E-state index is -0.758. The highest BCUT2D eigenvalue weighted by molar-refractivity contribution is 6.35. The molecule has 2 N–H and O–H groups in total. The summed E-state index contributed by atoms with van der Waals surface area (Å²) in [4.78, 5) is 45.5. The highest BCUT2D eigenvalue weighted by atomic mass is 35.5. The van der Waals surface area contributed by atoms with Crippen LogP contribution in [-0.2, 0) is 19.1 Å². The van der Waals surface area contributed by atoms with Gasteiger partial charge in [0.05, 0.1) is 22.1 Å². The second-order valence-corrected chi connectivity index (χ2v) is 6.53. The molecule has 0 fully saturated rings. The Kier molecular flexibility index (Phi) is 7.93. The van der Waals surface area contributed by atoms with E-state index in [1.807, 2.05) is 0 Å². The molecule has 0 aliphatic rings. The first-order valence-electron chi connectivity index (χ1n) is 8.19. The Balaban J connectivity index is 1.74. The molecule has 29 heavy (non-hydrogen) atoms. The van der Waals surface area contributed by atoms with Gasteiger partial charge < -0.3 is 15.4 Å². The van der Waals surface area contributed by atoms with Gasteiger partial charge in [0.25, 0.3) is 11.6 Å². The maximum absolute atomic E-state index is 11.9. The van der Waals surface area contributed by atoms with Gasteiger partial charge >= 0.3 is 5.97 Å². The van der Waals surface area contributed by atoms with E-state index in [4.69, 9.17) is 27.9 Å². The van der Waals surface area contributed by atoms with Crippen molar-refractivity contribution in [2.75, 3.05) is 17.2 Å². The first kappa shape index (κ1) is 22.1. The van der Waals surface area contributed by atoms with Crippen LogP contribution in [0.25, 0.3) is 0 Å². The van der Waals surface area contributed by atoms with Gasteiger partial charge in [-0.05, 0) is 24.3 Å². The Morgan fingerprint density at radius 3 is 2.48 bits per heavy atom. The van der Waals surface area contributed by atoms with Gasteiger partial charge in [0, 0.05) is 29.3 Å². The molecule has 0 heterocycles. The number of hydrogen-bond donors (Lipinski definition) is 2. The molecule has 0 aromatic heterocycles. The zero-order valence-corrected chi connectivity index (χ0v) is 16.3. The van der Waals surface area contributed by atoms with Gasteiger partial charge in [0.15, 0.2) is 6.61 Å². The van der Waals surface area contributed by atoms with Crippen molar-refractivity contribution in [1.82, 2.24) is 0 Å². The molecule has 152 valence electrons. The summed E-state index contributed by atoms with van der Waals surface area (Å²) in [6, 6.07) is 9.87. The number of esters is 1. The van der Waals surface area contributed by atoms with Crippen LogP contribution in [0.4, 0.5) is 17.1 Å². The number of nitro groups is 1. The normalized spacial score (nSPS) is 10.1. The third-order valence-electron chi connectivity index (χ3n) is 3.46. The first-order chi connectivity index (χ1) is 13.7. The van der Waals surface area contributed by atoms with Crippen LogP contribution < -0.4 is 10.6 Å². The van der Waals surface area contributed by atoms with Crippen molar-refractivity contribution in [1.29, 1.82) is 0 Å². The number of hydrogen-bond acceptors (Lipinski definition) is 6. The van der Waals surface area contributed by atoms with Crippen LogP contribution in [0.1, 0.15) is 12.8 Å². The summed E-state index contributed by atoms with van der Waals surface area (Å²) in [6.07, 6.45) is -0.442.